The molecule has 19 heavy (non-hydrogen) atoms. The molecule has 0 atom stereocenters. The molecule has 0 aliphatic rings. The van der Waals surface area contributed by atoms with E-state index in [1.165, 1.54) is 0 Å². The number of rotatable bonds is 5. The predicted molar refractivity (Wildman–Crippen MR) is 80.0 cm³/mol. The highest BCUT2D eigenvalue weighted by Crippen LogP contribution is 2.23. The van der Waals surface area contributed by atoms with Gasteiger partial charge in [-0.25, -0.2) is 9.97 Å². The summed E-state index contributed by atoms with van der Waals surface area (Å²) in [4.78, 5) is 8.91. The molecule has 0 bridgehead atoms. The SMILES string of the molecule is CCOCc1nc(NC)cc(-c2cccc(Br)c2)n1. The Balaban J connectivity index is 2.38. The maximum atomic E-state index is 5.37. The number of anilines is 1. The van der Waals surface area contributed by atoms with Gasteiger partial charge in [-0.3, -0.25) is 0 Å². The van der Waals surface area contributed by atoms with Crippen molar-refractivity contribution in [3.63, 3.8) is 0 Å². The van der Waals surface area contributed by atoms with Gasteiger partial charge >= 0.3 is 0 Å². The van der Waals surface area contributed by atoms with Gasteiger partial charge in [-0.15, -0.1) is 0 Å². The molecule has 0 aliphatic carbocycles. The van der Waals surface area contributed by atoms with Crippen molar-refractivity contribution < 1.29 is 4.74 Å². The summed E-state index contributed by atoms with van der Waals surface area (Å²) in [5.74, 6) is 1.48. The molecule has 100 valence electrons. The van der Waals surface area contributed by atoms with E-state index >= 15 is 0 Å². The minimum Gasteiger partial charge on any atom is -0.374 e. The Morgan fingerprint density at radius 3 is 2.79 bits per heavy atom. The van der Waals surface area contributed by atoms with Crippen LogP contribution < -0.4 is 5.32 Å². The highest BCUT2D eigenvalue weighted by atomic mass is 79.9. The van der Waals surface area contributed by atoms with Crippen LogP contribution in [0.1, 0.15) is 12.7 Å². The molecule has 0 fully saturated rings. The first kappa shape index (κ1) is 14.0. The Kier molecular flexibility index (Phi) is 4.87. The zero-order valence-corrected chi connectivity index (χ0v) is 12.6. The van der Waals surface area contributed by atoms with Gasteiger partial charge in [0.05, 0.1) is 5.69 Å². The molecule has 0 saturated heterocycles. The lowest BCUT2D eigenvalue weighted by Gasteiger charge is -2.08. The summed E-state index contributed by atoms with van der Waals surface area (Å²) in [5, 5.41) is 3.05. The van der Waals surface area contributed by atoms with Gasteiger partial charge in [0, 0.05) is 29.8 Å². The van der Waals surface area contributed by atoms with E-state index in [1.54, 1.807) is 0 Å². The molecule has 2 aromatic rings. The van der Waals surface area contributed by atoms with Crippen LogP contribution in [0, 0.1) is 0 Å². The Labute approximate surface area is 121 Å². The molecule has 0 amide bonds. The van der Waals surface area contributed by atoms with Crippen molar-refractivity contribution >= 4 is 21.7 Å². The van der Waals surface area contributed by atoms with Crippen LogP contribution in [0.3, 0.4) is 0 Å². The summed E-state index contributed by atoms with van der Waals surface area (Å²) in [6.07, 6.45) is 0. The highest BCUT2D eigenvalue weighted by Gasteiger charge is 2.06. The average Bonchev–Trinajstić information content (AvgIpc) is 2.44. The van der Waals surface area contributed by atoms with Gasteiger partial charge in [-0.05, 0) is 19.1 Å². The van der Waals surface area contributed by atoms with Crippen LogP contribution in [-0.4, -0.2) is 23.6 Å². The first-order valence-electron chi connectivity index (χ1n) is 6.12. The van der Waals surface area contributed by atoms with Crippen LogP contribution in [0.15, 0.2) is 34.8 Å². The Hall–Kier alpha value is -1.46. The van der Waals surface area contributed by atoms with Crippen LogP contribution in [-0.2, 0) is 11.3 Å². The summed E-state index contributed by atoms with van der Waals surface area (Å²) < 4.78 is 6.40. The lowest BCUT2D eigenvalue weighted by atomic mass is 10.1. The molecular formula is C14H16BrN3O. The van der Waals surface area contributed by atoms with Gasteiger partial charge < -0.3 is 10.1 Å². The van der Waals surface area contributed by atoms with Crippen molar-refractivity contribution in [2.45, 2.75) is 13.5 Å². The normalized spacial score (nSPS) is 10.5. The Morgan fingerprint density at radius 1 is 1.26 bits per heavy atom. The van der Waals surface area contributed by atoms with Gasteiger partial charge in [0.25, 0.3) is 0 Å². The van der Waals surface area contributed by atoms with Gasteiger partial charge in [0.1, 0.15) is 12.4 Å². The largest absolute Gasteiger partial charge is 0.374 e. The van der Waals surface area contributed by atoms with Gasteiger partial charge in [-0.2, -0.15) is 0 Å². The lowest BCUT2D eigenvalue weighted by molar-refractivity contribution is 0.128. The zero-order valence-electron chi connectivity index (χ0n) is 11.0. The topological polar surface area (TPSA) is 47.0 Å². The van der Waals surface area contributed by atoms with Crippen LogP contribution >= 0.6 is 15.9 Å². The van der Waals surface area contributed by atoms with Crippen molar-refractivity contribution in [2.24, 2.45) is 0 Å². The van der Waals surface area contributed by atoms with E-state index in [9.17, 15) is 0 Å². The van der Waals surface area contributed by atoms with Crippen molar-refractivity contribution in [3.8, 4) is 11.3 Å². The third-order valence-electron chi connectivity index (χ3n) is 2.58. The molecule has 0 aliphatic heterocycles. The summed E-state index contributed by atoms with van der Waals surface area (Å²) in [7, 11) is 1.84. The number of ether oxygens (including phenoxy) is 1. The van der Waals surface area contributed by atoms with E-state index in [0.29, 0.717) is 19.0 Å². The molecule has 0 spiro atoms. The third-order valence-corrected chi connectivity index (χ3v) is 3.08. The predicted octanol–water partition coefficient (Wildman–Crippen LogP) is 3.48. The van der Waals surface area contributed by atoms with E-state index in [0.717, 1.165) is 21.5 Å². The van der Waals surface area contributed by atoms with Crippen molar-refractivity contribution in [1.29, 1.82) is 0 Å². The summed E-state index contributed by atoms with van der Waals surface area (Å²) >= 11 is 3.47. The fourth-order valence-electron chi connectivity index (χ4n) is 1.68. The number of hydrogen-bond donors (Lipinski definition) is 1. The number of aromatic nitrogens is 2. The highest BCUT2D eigenvalue weighted by molar-refractivity contribution is 9.10. The average molecular weight is 322 g/mol. The molecule has 5 heteroatoms. The minimum atomic E-state index is 0.424. The van der Waals surface area contributed by atoms with Crippen LogP contribution in [0.25, 0.3) is 11.3 Å². The fraction of sp³-hybridized carbons (Fsp3) is 0.286. The molecule has 0 radical (unpaired) electrons. The van der Waals surface area contributed by atoms with Gasteiger partial charge in [0.15, 0.2) is 5.82 Å². The molecule has 1 heterocycles. The lowest BCUT2D eigenvalue weighted by Crippen LogP contribution is -2.03. The van der Waals surface area contributed by atoms with Crippen LogP contribution in [0.4, 0.5) is 5.82 Å². The van der Waals surface area contributed by atoms with E-state index in [1.807, 2.05) is 44.3 Å². The number of hydrogen-bond acceptors (Lipinski definition) is 4. The molecule has 0 saturated carbocycles. The van der Waals surface area contributed by atoms with Gasteiger partial charge in [-0.1, -0.05) is 28.1 Å². The number of benzene rings is 1. The maximum Gasteiger partial charge on any atom is 0.157 e. The molecule has 1 aromatic carbocycles. The van der Waals surface area contributed by atoms with E-state index in [2.05, 4.69) is 31.2 Å². The maximum absolute atomic E-state index is 5.37. The van der Waals surface area contributed by atoms with Crippen LogP contribution in [0.2, 0.25) is 0 Å². The summed E-state index contributed by atoms with van der Waals surface area (Å²) in [5.41, 5.74) is 1.93. The second-order valence-electron chi connectivity index (χ2n) is 3.95. The minimum absolute atomic E-state index is 0.424. The Bertz CT molecular complexity index is 560. The molecule has 4 nitrogen and oxygen atoms in total. The zero-order chi connectivity index (χ0) is 13.7. The first-order chi connectivity index (χ1) is 9.22. The van der Waals surface area contributed by atoms with Crippen LogP contribution in [0.5, 0.6) is 0 Å². The monoisotopic (exact) mass is 321 g/mol. The van der Waals surface area contributed by atoms with Crippen molar-refractivity contribution in [2.75, 3.05) is 19.0 Å². The quantitative estimate of drug-likeness (QED) is 0.915. The van der Waals surface area contributed by atoms with E-state index < -0.39 is 0 Å². The Morgan fingerprint density at radius 2 is 2.11 bits per heavy atom. The number of halogens is 1. The molecule has 0 unspecified atom stereocenters. The summed E-state index contributed by atoms with van der Waals surface area (Å²) in [6, 6.07) is 9.97. The van der Waals surface area contributed by atoms with E-state index in [-0.39, 0.29) is 0 Å². The first-order valence-corrected chi connectivity index (χ1v) is 6.91. The molecule has 1 N–H and O–H groups in total. The second-order valence-corrected chi connectivity index (χ2v) is 4.87. The molecule has 1 aromatic heterocycles. The summed E-state index contributed by atoms with van der Waals surface area (Å²) in [6.45, 7) is 3.03. The smallest absolute Gasteiger partial charge is 0.157 e. The van der Waals surface area contributed by atoms with Crippen molar-refractivity contribution in [3.05, 3.63) is 40.6 Å². The molecular weight excluding hydrogens is 306 g/mol. The standard InChI is InChI=1S/C14H16BrN3O/c1-3-19-9-14-17-12(8-13(16-2)18-14)10-5-4-6-11(15)7-10/h4-8H,3,9H2,1-2H3,(H,16,17,18). The second kappa shape index (κ2) is 6.63. The van der Waals surface area contributed by atoms with Crippen molar-refractivity contribution in [1.82, 2.24) is 9.97 Å². The third kappa shape index (κ3) is 3.75. The molecule has 2 rings (SSSR count). The van der Waals surface area contributed by atoms with Gasteiger partial charge in [0.2, 0.25) is 0 Å². The number of nitrogens with one attached hydrogen (secondary N) is 1. The fourth-order valence-corrected chi connectivity index (χ4v) is 2.08. The number of nitrogens with zero attached hydrogens (tertiary/aromatic N) is 2. The van der Waals surface area contributed by atoms with E-state index in [4.69, 9.17) is 4.74 Å².